The van der Waals surface area contributed by atoms with Crippen molar-refractivity contribution < 1.29 is 18.7 Å². The van der Waals surface area contributed by atoms with E-state index in [0.717, 1.165) is 49.3 Å². The van der Waals surface area contributed by atoms with Gasteiger partial charge in [0.2, 0.25) is 0 Å². The van der Waals surface area contributed by atoms with Gasteiger partial charge in [-0.25, -0.2) is 9.78 Å². The highest BCUT2D eigenvalue weighted by atomic mass is 16.5. The summed E-state index contributed by atoms with van der Waals surface area (Å²) in [5.41, 5.74) is 2.92. The fourth-order valence-electron chi connectivity index (χ4n) is 5.86. The van der Waals surface area contributed by atoms with Crippen molar-refractivity contribution >= 4 is 11.7 Å². The SMILES string of the molecule is COc1ccc(C23CCC(NC(=O)Nc4cccc(-c5cnco5)c4)CC2N(C)CC3)cc1OC. The van der Waals surface area contributed by atoms with Crippen LogP contribution in [0.1, 0.15) is 31.2 Å². The fourth-order valence-corrected chi connectivity index (χ4v) is 5.86. The quantitative estimate of drug-likeness (QED) is 0.537. The zero-order valence-electron chi connectivity index (χ0n) is 20.4. The Labute approximate surface area is 205 Å². The third-order valence-corrected chi connectivity index (χ3v) is 7.66. The van der Waals surface area contributed by atoms with Gasteiger partial charge in [0.1, 0.15) is 0 Å². The second kappa shape index (κ2) is 9.62. The lowest BCUT2D eigenvalue weighted by Crippen LogP contribution is -2.52. The van der Waals surface area contributed by atoms with Crippen molar-refractivity contribution in [1.29, 1.82) is 0 Å². The summed E-state index contributed by atoms with van der Waals surface area (Å²) >= 11 is 0. The summed E-state index contributed by atoms with van der Waals surface area (Å²) in [5, 5.41) is 6.18. The number of nitrogens with zero attached hydrogens (tertiary/aromatic N) is 2. The van der Waals surface area contributed by atoms with Crippen molar-refractivity contribution in [2.45, 2.75) is 43.2 Å². The molecule has 2 N–H and O–H groups in total. The van der Waals surface area contributed by atoms with E-state index in [2.05, 4.69) is 39.7 Å². The van der Waals surface area contributed by atoms with Crippen LogP contribution in [0.15, 0.2) is 59.5 Å². The zero-order valence-corrected chi connectivity index (χ0v) is 20.4. The van der Waals surface area contributed by atoms with Crippen LogP contribution in [0, 0.1) is 0 Å². The molecule has 1 aliphatic heterocycles. The molecular formula is C27H32N4O4. The van der Waals surface area contributed by atoms with E-state index >= 15 is 0 Å². The number of urea groups is 1. The van der Waals surface area contributed by atoms with Crippen molar-refractivity contribution in [3.63, 3.8) is 0 Å². The molecule has 1 aromatic heterocycles. The number of aromatic nitrogens is 1. The molecule has 2 amide bonds. The molecule has 3 unspecified atom stereocenters. The molecule has 3 aromatic rings. The second-order valence-electron chi connectivity index (χ2n) is 9.49. The third kappa shape index (κ3) is 4.46. The van der Waals surface area contributed by atoms with Crippen molar-refractivity contribution in [3.8, 4) is 22.8 Å². The number of carbonyl (C=O) groups excluding carboxylic acids is 1. The summed E-state index contributed by atoms with van der Waals surface area (Å²) in [4.78, 5) is 19.2. The molecule has 35 heavy (non-hydrogen) atoms. The minimum Gasteiger partial charge on any atom is -0.493 e. The molecule has 2 aliphatic rings. The van der Waals surface area contributed by atoms with Crippen LogP contribution in [-0.4, -0.2) is 55.8 Å². The normalized spacial score (nSPS) is 24.0. The minimum atomic E-state index is -0.191. The van der Waals surface area contributed by atoms with E-state index in [1.807, 2.05) is 30.3 Å². The third-order valence-electron chi connectivity index (χ3n) is 7.66. The maximum Gasteiger partial charge on any atom is 0.319 e. The second-order valence-corrected chi connectivity index (χ2v) is 9.49. The Morgan fingerprint density at radius 2 is 2.00 bits per heavy atom. The number of carbonyl (C=O) groups is 1. The number of likely N-dealkylation sites (tertiary alicyclic amines) is 1. The standard InChI is InChI=1S/C27H32N4O4/c1-31-12-11-27(19-7-8-22(33-2)23(14-19)34-3)10-9-21(15-25(27)31)30-26(32)29-20-6-4-5-18(13-20)24-16-28-17-35-24/h4-8,13-14,16-17,21,25H,9-12,15H2,1-3H3,(H2,29,30,32). The summed E-state index contributed by atoms with van der Waals surface area (Å²) in [6.45, 7) is 1.03. The van der Waals surface area contributed by atoms with E-state index in [0.29, 0.717) is 17.5 Å². The van der Waals surface area contributed by atoms with Gasteiger partial charge in [-0.1, -0.05) is 18.2 Å². The highest BCUT2D eigenvalue weighted by molar-refractivity contribution is 5.90. The van der Waals surface area contributed by atoms with Gasteiger partial charge in [-0.15, -0.1) is 0 Å². The van der Waals surface area contributed by atoms with Crippen molar-refractivity contribution in [3.05, 3.63) is 60.6 Å². The van der Waals surface area contributed by atoms with Crippen LogP contribution < -0.4 is 20.1 Å². The summed E-state index contributed by atoms with van der Waals surface area (Å²) in [6, 6.07) is 14.1. The molecule has 1 saturated heterocycles. The van der Waals surface area contributed by atoms with Gasteiger partial charge in [-0.05, 0) is 69.1 Å². The zero-order chi connectivity index (χ0) is 24.4. The van der Waals surface area contributed by atoms with E-state index in [4.69, 9.17) is 13.9 Å². The molecule has 0 bridgehead atoms. The Kier molecular flexibility index (Phi) is 6.38. The Hall–Kier alpha value is -3.52. The Morgan fingerprint density at radius 1 is 1.14 bits per heavy atom. The number of nitrogens with one attached hydrogen (secondary N) is 2. The highest BCUT2D eigenvalue weighted by Gasteiger charge is 2.50. The smallest absolute Gasteiger partial charge is 0.319 e. The van der Waals surface area contributed by atoms with Crippen molar-refractivity contribution in [2.75, 3.05) is 33.1 Å². The van der Waals surface area contributed by atoms with E-state index < -0.39 is 0 Å². The van der Waals surface area contributed by atoms with E-state index in [1.165, 1.54) is 12.0 Å². The molecule has 2 aromatic carbocycles. The topological polar surface area (TPSA) is 88.9 Å². The first-order valence-electron chi connectivity index (χ1n) is 12.0. The van der Waals surface area contributed by atoms with Crippen molar-refractivity contribution in [1.82, 2.24) is 15.2 Å². The fraction of sp³-hybridized carbons (Fsp3) is 0.407. The number of anilines is 1. The molecule has 184 valence electrons. The number of benzene rings is 2. The highest BCUT2D eigenvalue weighted by Crippen LogP contribution is 2.49. The van der Waals surface area contributed by atoms with Crippen LogP contribution in [0.2, 0.25) is 0 Å². The lowest BCUT2D eigenvalue weighted by molar-refractivity contribution is 0.156. The number of ether oxygens (including phenoxy) is 2. The number of likely N-dealkylation sites (N-methyl/N-ethyl adjacent to an activating group) is 1. The van der Waals surface area contributed by atoms with Crippen LogP contribution in [0.4, 0.5) is 10.5 Å². The van der Waals surface area contributed by atoms with Gasteiger partial charge < -0.3 is 29.4 Å². The van der Waals surface area contributed by atoms with Gasteiger partial charge >= 0.3 is 6.03 Å². The maximum absolute atomic E-state index is 12.9. The Bertz CT molecular complexity index is 1180. The Balaban J connectivity index is 1.27. The number of oxazole rings is 1. The van der Waals surface area contributed by atoms with Gasteiger partial charge in [0.25, 0.3) is 0 Å². The van der Waals surface area contributed by atoms with Gasteiger partial charge in [0.15, 0.2) is 23.7 Å². The lowest BCUT2D eigenvalue weighted by atomic mass is 9.65. The van der Waals surface area contributed by atoms with Crippen LogP contribution in [-0.2, 0) is 5.41 Å². The van der Waals surface area contributed by atoms with E-state index in [9.17, 15) is 4.79 Å². The average molecular weight is 477 g/mol. The number of hydrogen-bond donors (Lipinski definition) is 2. The summed E-state index contributed by atoms with van der Waals surface area (Å²) < 4.78 is 16.4. The van der Waals surface area contributed by atoms with E-state index in [-0.39, 0.29) is 17.5 Å². The molecule has 0 radical (unpaired) electrons. The number of rotatable bonds is 6. The molecule has 8 nitrogen and oxygen atoms in total. The van der Waals surface area contributed by atoms with Crippen LogP contribution in [0.25, 0.3) is 11.3 Å². The average Bonchev–Trinajstić information content (AvgIpc) is 3.53. The van der Waals surface area contributed by atoms with Gasteiger partial charge in [0, 0.05) is 28.7 Å². The molecular weight excluding hydrogens is 444 g/mol. The predicted octanol–water partition coefficient (Wildman–Crippen LogP) is 4.67. The molecule has 3 atom stereocenters. The first-order valence-corrected chi connectivity index (χ1v) is 12.0. The lowest BCUT2D eigenvalue weighted by Gasteiger charge is -2.45. The number of hydrogen-bond acceptors (Lipinski definition) is 6. The monoisotopic (exact) mass is 476 g/mol. The van der Waals surface area contributed by atoms with Crippen LogP contribution in [0.3, 0.4) is 0 Å². The van der Waals surface area contributed by atoms with Gasteiger partial charge in [-0.3, -0.25) is 0 Å². The Morgan fingerprint density at radius 3 is 2.77 bits per heavy atom. The summed E-state index contributed by atoms with van der Waals surface area (Å²) in [7, 11) is 5.52. The maximum atomic E-state index is 12.9. The van der Waals surface area contributed by atoms with Gasteiger partial charge in [0.05, 0.1) is 20.4 Å². The molecule has 2 heterocycles. The molecule has 8 heteroatoms. The minimum absolute atomic E-state index is 0.0500. The molecule has 2 fully saturated rings. The van der Waals surface area contributed by atoms with Crippen molar-refractivity contribution in [2.24, 2.45) is 0 Å². The number of fused-ring (bicyclic) bond motifs is 1. The molecule has 5 rings (SSSR count). The molecule has 1 saturated carbocycles. The van der Waals surface area contributed by atoms with Crippen LogP contribution >= 0.6 is 0 Å². The summed E-state index contributed by atoms with van der Waals surface area (Å²) in [5.74, 6) is 2.17. The molecule has 1 aliphatic carbocycles. The largest absolute Gasteiger partial charge is 0.493 e. The first kappa shape index (κ1) is 23.2. The van der Waals surface area contributed by atoms with E-state index in [1.54, 1.807) is 20.4 Å². The van der Waals surface area contributed by atoms with Gasteiger partial charge in [-0.2, -0.15) is 0 Å². The molecule has 0 spiro atoms. The number of methoxy groups -OCH3 is 2. The van der Waals surface area contributed by atoms with Crippen LogP contribution in [0.5, 0.6) is 11.5 Å². The number of amides is 2. The first-order chi connectivity index (χ1) is 17.0. The summed E-state index contributed by atoms with van der Waals surface area (Å²) in [6.07, 6.45) is 6.97. The predicted molar refractivity (Wildman–Crippen MR) is 134 cm³/mol.